The number of aryl methyl sites for hydroxylation is 1. The number of ether oxygens (including phenoxy) is 1. The van der Waals surface area contributed by atoms with E-state index < -0.39 is 11.3 Å². The van der Waals surface area contributed by atoms with Crippen molar-refractivity contribution in [3.8, 4) is 0 Å². The number of likely N-dealkylation sites (tertiary alicyclic amines) is 1. The highest BCUT2D eigenvalue weighted by Gasteiger charge is 2.31. The molecule has 148 valence electrons. The van der Waals surface area contributed by atoms with Gasteiger partial charge in [-0.1, -0.05) is 0 Å². The Balaban J connectivity index is 1.53. The van der Waals surface area contributed by atoms with Crippen LogP contribution in [-0.2, 0) is 16.0 Å². The number of likely N-dealkylation sites (N-methyl/N-ethyl adjacent to an activating group) is 1. The normalized spacial score (nSPS) is 19.4. The molecule has 2 fully saturated rings. The largest absolute Gasteiger partial charge is 0.443 e. The number of nitrogens with one attached hydrogen (secondary N) is 1. The van der Waals surface area contributed by atoms with Gasteiger partial charge in [0, 0.05) is 44.8 Å². The van der Waals surface area contributed by atoms with Crippen LogP contribution in [0.5, 0.6) is 0 Å². The first-order chi connectivity index (χ1) is 12.8. The van der Waals surface area contributed by atoms with E-state index in [1.165, 1.54) is 0 Å². The van der Waals surface area contributed by atoms with E-state index in [0.29, 0.717) is 43.0 Å². The standard InChI is InChI=1S/C17H24N4O5S/c1-12-9-13(3-4-15(12)18-27(24)25)16(22)20-5-7-21(8-6-20)17(23)26-14-10-19(2)11-14/h3-4,9,14,18H,5-8,10-11H2,1-2H3,(H,24,25). The van der Waals surface area contributed by atoms with Gasteiger partial charge in [-0.3, -0.25) is 19.0 Å². The minimum absolute atomic E-state index is 0.0366. The lowest BCUT2D eigenvalue weighted by Crippen LogP contribution is -2.55. The summed E-state index contributed by atoms with van der Waals surface area (Å²) in [5, 5.41) is 0. The molecule has 2 N–H and O–H groups in total. The van der Waals surface area contributed by atoms with E-state index in [1.54, 1.807) is 34.9 Å². The summed E-state index contributed by atoms with van der Waals surface area (Å²) in [6.45, 7) is 5.05. The van der Waals surface area contributed by atoms with E-state index in [2.05, 4.69) is 9.62 Å². The topological polar surface area (TPSA) is 102 Å². The van der Waals surface area contributed by atoms with Gasteiger partial charge in [0.25, 0.3) is 17.2 Å². The van der Waals surface area contributed by atoms with Crippen LogP contribution in [0.25, 0.3) is 0 Å². The van der Waals surface area contributed by atoms with E-state index >= 15 is 0 Å². The summed E-state index contributed by atoms with van der Waals surface area (Å²) < 4.78 is 27.6. The fourth-order valence-corrected chi connectivity index (χ4v) is 3.63. The molecule has 2 saturated heterocycles. The number of rotatable bonds is 4. The minimum atomic E-state index is -2.16. The monoisotopic (exact) mass is 396 g/mol. The van der Waals surface area contributed by atoms with Crippen molar-refractivity contribution in [2.75, 3.05) is 51.0 Å². The van der Waals surface area contributed by atoms with Gasteiger partial charge in [-0.15, -0.1) is 0 Å². The zero-order chi connectivity index (χ0) is 19.6. The number of carbonyl (C=O) groups is 2. The predicted molar refractivity (Wildman–Crippen MR) is 101 cm³/mol. The summed E-state index contributed by atoms with van der Waals surface area (Å²) in [6, 6.07) is 4.92. The third kappa shape index (κ3) is 4.76. The lowest BCUT2D eigenvalue weighted by molar-refractivity contribution is -0.0195. The fourth-order valence-electron chi connectivity index (χ4n) is 3.21. The molecule has 0 bridgehead atoms. The first-order valence-corrected chi connectivity index (χ1v) is 9.85. The highest BCUT2D eigenvalue weighted by Crippen LogP contribution is 2.19. The van der Waals surface area contributed by atoms with Gasteiger partial charge in [0.05, 0.1) is 5.69 Å². The molecule has 3 rings (SSSR count). The second-order valence-electron chi connectivity index (χ2n) is 6.89. The summed E-state index contributed by atoms with van der Waals surface area (Å²) >= 11 is -2.16. The van der Waals surface area contributed by atoms with Crippen molar-refractivity contribution in [1.29, 1.82) is 0 Å². The molecule has 10 heteroatoms. The van der Waals surface area contributed by atoms with Gasteiger partial charge in [0.15, 0.2) is 0 Å². The molecule has 0 spiro atoms. The Morgan fingerprint density at radius 1 is 1.19 bits per heavy atom. The van der Waals surface area contributed by atoms with Gasteiger partial charge >= 0.3 is 6.09 Å². The Kier molecular flexibility index (Phi) is 5.98. The van der Waals surface area contributed by atoms with Crippen LogP contribution in [0.15, 0.2) is 18.2 Å². The minimum Gasteiger partial charge on any atom is -0.443 e. The molecule has 0 saturated carbocycles. The zero-order valence-corrected chi connectivity index (χ0v) is 16.2. The van der Waals surface area contributed by atoms with Crippen molar-refractivity contribution < 1.29 is 23.1 Å². The smallest absolute Gasteiger partial charge is 0.410 e. The van der Waals surface area contributed by atoms with Gasteiger partial charge in [-0.05, 0) is 37.7 Å². The van der Waals surface area contributed by atoms with Crippen molar-refractivity contribution in [1.82, 2.24) is 14.7 Å². The van der Waals surface area contributed by atoms with Crippen molar-refractivity contribution >= 4 is 29.0 Å². The molecule has 1 atom stereocenters. The first-order valence-electron chi connectivity index (χ1n) is 8.75. The molecule has 0 radical (unpaired) electrons. The van der Waals surface area contributed by atoms with Gasteiger partial charge in [-0.25, -0.2) is 9.00 Å². The van der Waals surface area contributed by atoms with E-state index in [4.69, 9.17) is 9.29 Å². The van der Waals surface area contributed by atoms with E-state index in [9.17, 15) is 13.8 Å². The van der Waals surface area contributed by atoms with Crippen molar-refractivity contribution in [3.63, 3.8) is 0 Å². The molecular weight excluding hydrogens is 372 g/mol. The maximum atomic E-state index is 12.7. The SMILES string of the molecule is Cc1cc(C(=O)N2CCN(C(=O)OC3CN(C)C3)CC2)ccc1NS(=O)O. The number of nitrogens with zero attached hydrogens (tertiary/aromatic N) is 3. The number of piperazine rings is 1. The molecule has 2 heterocycles. The molecule has 2 aliphatic heterocycles. The number of hydrogen-bond acceptors (Lipinski definition) is 5. The molecule has 0 aliphatic carbocycles. The van der Waals surface area contributed by atoms with Crippen LogP contribution in [0.2, 0.25) is 0 Å². The summed E-state index contributed by atoms with van der Waals surface area (Å²) in [5.41, 5.74) is 1.72. The highest BCUT2D eigenvalue weighted by molar-refractivity contribution is 7.80. The molecule has 1 aromatic carbocycles. The zero-order valence-electron chi connectivity index (χ0n) is 15.4. The van der Waals surface area contributed by atoms with Gasteiger partial charge in [-0.2, -0.15) is 0 Å². The Morgan fingerprint density at radius 3 is 2.37 bits per heavy atom. The average Bonchev–Trinajstić information content (AvgIpc) is 2.61. The van der Waals surface area contributed by atoms with Crippen LogP contribution in [0.4, 0.5) is 10.5 Å². The Morgan fingerprint density at radius 2 is 1.81 bits per heavy atom. The molecule has 0 aromatic heterocycles. The highest BCUT2D eigenvalue weighted by atomic mass is 32.2. The summed E-state index contributed by atoms with van der Waals surface area (Å²) in [4.78, 5) is 30.3. The second kappa shape index (κ2) is 8.24. The third-order valence-corrected chi connectivity index (χ3v) is 5.19. The molecular formula is C17H24N4O5S. The van der Waals surface area contributed by atoms with Crippen molar-refractivity contribution in [3.05, 3.63) is 29.3 Å². The molecule has 2 amide bonds. The molecule has 27 heavy (non-hydrogen) atoms. The maximum Gasteiger partial charge on any atom is 0.410 e. The lowest BCUT2D eigenvalue weighted by Gasteiger charge is -2.38. The fraction of sp³-hybridized carbons (Fsp3) is 0.529. The number of anilines is 1. The number of benzene rings is 1. The average molecular weight is 396 g/mol. The summed E-state index contributed by atoms with van der Waals surface area (Å²) in [6.07, 6.45) is -0.353. The van der Waals surface area contributed by atoms with Crippen LogP contribution in [-0.4, -0.2) is 87.9 Å². The van der Waals surface area contributed by atoms with Gasteiger partial charge in [0.2, 0.25) is 0 Å². The third-order valence-electron chi connectivity index (χ3n) is 4.79. The quantitative estimate of drug-likeness (QED) is 0.729. The van der Waals surface area contributed by atoms with Gasteiger partial charge in [0.1, 0.15) is 6.10 Å². The Bertz CT molecular complexity index is 745. The first kappa shape index (κ1) is 19.6. The summed E-state index contributed by atoms with van der Waals surface area (Å²) in [5.74, 6) is -0.122. The van der Waals surface area contributed by atoms with Crippen LogP contribution < -0.4 is 4.72 Å². The van der Waals surface area contributed by atoms with E-state index in [-0.39, 0.29) is 18.1 Å². The molecule has 2 aliphatic rings. The molecule has 1 aromatic rings. The Hall–Kier alpha value is -2.17. The van der Waals surface area contributed by atoms with Crippen LogP contribution in [0.3, 0.4) is 0 Å². The number of amides is 2. The van der Waals surface area contributed by atoms with Crippen LogP contribution in [0.1, 0.15) is 15.9 Å². The van der Waals surface area contributed by atoms with Gasteiger partial charge < -0.3 is 14.5 Å². The predicted octanol–water partition coefficient (Wildman–Crippen LogP) is 0.752. The molecule has 9 nitrogen and oxygen atoms in total. The number of hydrogen-bond donors (Lipinski definition) is 2. The van der Waals surface area contributed by atoms with Crippen molar-refractivity contribution in [2.45, 2.75) is 13.0 Å². The Labute approximate surface area is 160 Å². The maximum absolute atomic E-state index is 12.7. The van der Waals surface area contributed by atoms with Crippen molar-refractivity contribution in [2.24, 2.45) is 0 Å². The summed E-state index contributed by atoms with van der Waals surface area (Å²) in [7, 11) is 1.97. The second-order valence-corrected chi connectivity index (χ2v) is 7.59. The van der Waals surface area contributed by atoms with Crippen LogP contribution in [0, 0.1) is 6.92 Å². The van der Waals surface area contributed by atoms with E-state index in [0.717, 1.165) is 13.1 Å². The van der Waals surface area contributed by atoms with E-state index in [1.807, 2.05) is 7.05 Å². The lowest BCUT2D eigenvalue weighted by atomic mass is 10.1. The molecule has 1 unspecified atom stereocenters. The number of carbonyl (C=O) groups excluding carboxylic acids is 2. The van der Waals surface area contributed by atoms with Crippen LogP contribution >= 0.6 is 0 Å².